The number of hydrogen-bond donors (Lipinski definition) is 1. The van der Waals surface area contributed by atoms with Crippen LogP contribution in [0.15, 0.2) is 24.3 Å². The van der Waals surface area contributed by atoms with E-state index in [1.165, 1.54) is 11.1 Å². The fourth-order valence-electron chi connectivity index (χ4n) is 2.10. The van der Waals surface area contributed by atoms with Crippen molar-refractivity contribution in [3.63, 3.8) is 0 Å². The SMILES string of the molecule is CCCOCC(=O)C1Cc2ccccc2CN1. The first-order valence-corrected chi connectivity index (χ1v) is 6.22. The minimum absolute atomic E-state index is 0.0817. The summed E-state index contributed by atoms with van der Waals surface area (Å²) in [5.41, 5.74) is 2.58. The summed E-state index contributed by atoms with van der Waals surface area (Å²) in [4.78, 5) is 11.9. The standard InChI is InChI=1S/C14H19NO2/c1-2-7-17-10-14(16)13-8-11-5-3-4-6-12(11)9-15-13/h3-6,13,15H,2,7-10H2,1H3. The number of carbonyl (C=O) groups excluding carboxylic acids is 1. The van der Waals surface area contributed by atoms with E-state index in [0.29, 0.717) is 6.61 Å². The first kappa shape index (κ1) is 12.3. The molecule has 1 atom stereocenters. The predicted octanol–water partition coefficient (Wildman–Crippen LogP) is 1.70. The van der Waals surface area contributed by atoms with Crippen molar-refractivity contribution in [1.82, 2.24) is 5.32 Å². The van der Waals surface area contributed by atoms with Crippen molar-refractivity contribution in [2.75, 3.05) is 13.2 Å². The van der Waals surface area contributed by atoms with Gasteiger partial charge in [-0.3, -0.25) is 4.79 Å². The first-order valence-electron chi connectivity index (χ1n) is 6.22. The molecule has 1 aromatic rings. The van der Waals surface area contributed by atoms with Gasteiger partial charge in [-0.2, -0.15) is 0 Å². The van der Waals surface area contributed by atoms with Crippen molar-refractivity contribution in [2.24, 2.45) is 0 Å². The summed E-state index contributed by atoms with van der Waals surface area (Å²) in [6.45, 7) is 3.71. The van der Waals surface area contributed by atoms with Crippen LogP contribution in [0.5, 0.6) is 0 Å². The fourth-order valence-corrected chi connectivity index (χ4v) is 2.10. The maximum atomic E-state index is 11.9. The van der Waals surface area contributed by atoms with Gasteiger partial charge in [0.2, 0.25) is 0 Å². The van der Waals surface area contributed by atoms with Gasteiger partial charge in [0.05, 0.1) is 6.04 Å². The van der Waals surface area contributed by atoms with E-state index in [2.05, 4.69) is 17.4 Å². The molecule has 17 heavy (non-hydrogen) atoms. The number of rotatable bonds is 5. The molecule has 1 aromatic carbocycles. The van der Waals surface area contributed by atoms with E-state index >= 15 is 0 Å². The molecule has 0 saturated carbocycles. The van der Waals surface area contributed by atoms with E-state index in [1.807, 2.05) is 19.1 Å². The Hall–Kier alpha value is -1.19. The van der Waals surface area contributed by atoms with Gasteiger partial charge in [-0.1, -0.05) is 31.2 Å². The van der Waals surface area contributed by atoms with Gasteiger partial charge >= 0.3 is 0 Å². The maximum Gasteiger partial charge on any atom is 0.175 e. The van der Waals surface area contributed by atoms with Crippen LogP contribution in [0.2, 0.25) is 0 Å². The Morgan fingerprint density at radius 3 is 2.94 bits per heavy atom. The van der Waals surface area contributed by atoms with Crippen LogP contribution in [-0.4, -0.2) is 25.0 Å². The van der Waals surface area contributed by atoms with E-state index in [9.17, 15) is 4.79 Å². The van der Waals surface area contributed by atoms with Crippen LogP contribution < -0.4 is 5.32 Å². The molecule has 1 aliphatic heterocycles. The van der Waals surface area contributed by atoms with Gasteiger partial charge in [0.1, 0.15) is 6.61 Å². The molecule has 0 bridgehead atoms. The highest BCUT2D eigenvalue weighted by Gasteiger charge is 2.23. The summed E-state index contributed by atoms with van der Waals surface area (Å²) in [6.07, 6.45) is 1.73. The topological polar surface area (TPSA) is 38.3 Å². The highest BCUT2D eigenvalue weighted by Crippen LogP contribution is 2.16. The van der Waals surface area contributed by atoms with Crippen molar-refractivity contribution in [3.05, 3.63) is 35.4 Å². The van der Waals surface area contributed by atoms with Gasteiger partial charge < -0.3 is 10.1 Å². The summed E-state index contributed by atoms with van der Waals surface area (Å²) in [5, 5.41) is 3.27. The second kappa shape index (κ2) is 5.94. The summed E-state index contributed by atoms with van der Waals surface area (Å²) in [5.74, 6) is 0.160. The summed E-state index contributed by atoms with van der Waals surface area (Å²) in [6, 6.07) is 8.19. The molecule has 0 aliphatic carbocycles. The largest absolute Gasteiger partial charge is 0.374 e. The third-order valence-corrected chi connectivity index (χ3v) is 3.06. The van der Waals surface area contributed by atoms with E-state index in [-0.39, 0.29) is 18.4 Å². The monoisotopic (exact) mass is 233 g/mol. The summed E-state index contributed by atoms with van der Waals surface area (Å²) >= 11 is 0. The molecule has 1 unspecified atom stereocenters. The smallest absolute Gasteiger partial charge is 0.175 e. The van der Waals surface area contributed by atoms with E-state index < -0.39 is 0 Å². The van der Waals surface area contributed by atoms with Crippen LogP contribution in [0.3, 0.4) is 0 Å². The van der Waals surface area contributed by atoms with Crippen molar-refractivity contribution in [3.8, 4) is 0 Å². The number of carbonyl (C=O) groups is 1. The number of ketones is 1. The van der Waals surface area contributed by atoms with Gasteiger partial charge in [0.25, 0.3) is 0 Å². The average Bonchev–Trinajstić information content (AvgIpc) is 2.38. The van der Waals surface area contributed by atoms with Gasteiger partial charge in [-0.05, 0) is 24.0 Å². The summed E-state index contributed by atoms with van der Waals surface area (Å²) in [7, 11) is 0. The van der Waals surface area contributed by atoms with Crippen LogP contribution in [0.4, 0.5) is 0 Å². The summed E-state index contributed by atoms with van der Waals surface area (Å²) < 4.78 is 5.30. The van der Waals surface area contributed by atoms with Crippen LogP contribution >= 0.6 is 0 Å². The highest BCUT2D eigenvalue weighted by atomic mass is 16.5. The molecule has 0 aromatic heterocycles. The lowest BCUT2D eigenvalue weighted by Crippen LogP contribution is -2.43. The molecule has 0 amide bonds. The zero-order chi connectivity index (χ0) is 12.1. The Morgan fingerprint density at radius 1 is 1.41 bits per heavy atom. The zero-order valence-corrected chi connectivity index (χ0v) is 10.2. The second-order valence-electron chi connectivity index (χ2n) is 4.43. The van der Waals surface area contributed by atoms with Gasteiger partial charge in [-0.25, -0.2) is 0 Å². The van der Waals surface area contributed by atoms with Crippen LogP contribution in [0, 0.1) is 0 Å². The molecule has 1 aliphatic rings. The van der Waals surface area contributed by atoms with E-state index in [4.69, 9.17) is 4.74 Å². The molecule has 1 heterocycles. The fraction of sp³-hybridized carbons (Fsp3) is 0.500. The van der Waals surface area contributed by atoms with Crippen LogP contribution in [0.25, 0.3) is 0 Å². The molecule has 0 saturated heterocycles. The number of nitrogens with one attached hydrogen (secondary N) is 1. The third-order valence-electron chi connectivity index (χ3n) is 3.06. The van der Waals surface area contributed by atoms with Crippen LogP contribution in [-0.2, 0) is 22.5 Å². The predicted molar refractivity (Wildman–Crippen MR) is 66.9 cm³/mol. The lowest BCUT2D eigenvalue weighted by atomic mass is 9.94. The Bertz CT molecular complexity index is 390. The molecule has 0 fully saturated rings. The zero-order valence-electron chi connectivity index (χ0n) is 10.2. The van der Waals surface area contributed by atoms with E-state index in [0.717, 1.165) is 19.4 Å². The Labute approximate surface area is 102 Å². The van der Waals surface area contributed by atoms with Crippen molar-refractivity contribution in [1.29, 1.82) is 0 Å². The Morgan fingerprint density at radius 2 is 2.18 bits per heavy atom. The molecule has 92 valence electrons. The lowest BCUT2D eigenvalue weighted by molar-refractivity contribution is -0.125. The molecule has 3 heteroatoms. The average molecular weight is 233 g/mol. The van der Waals surface area contributed by atoms with Crippen LogP contribution in [0.1, 0.15) is 24.5 Å². The molecule has 0 radical (unpaired) electrons. The third kappa shape index (κ3) is 3.14. The minimum atomic E-state index is -0.0817. The second-order valence-corrected chi connectivity index (χ2v) is 4.43. The molecular weight excluding hydrogens is 214 g/mol. The molecule has 0 spiro atoms. The number of fused-ring (bicyclic) bond motifs is 1. The normalized spacial score (nSPS) is 18.8. The molecular formula is C14H19NO2. The van der Waals surface area contributed by atoms with E-state index in [1.54, 1.807) is 0 Å². The number of ether oxygens (including phenoxy) is 1. The van der Waals surface area contributed by atoms with Crippen molar-refractivity contribution < 1.29 is 9.53 Å². The van der Waals surface area contributed by atoms with Gasteiger partial charge in [0.15, 0.2) is 5.78 Å². The van der Waals surface area contributed by atoms with Gasteiger partial charge in [0, 0.05) is 13.2 Å². The Kier molecular flexibility index (Phi) is 4.29. The number of benzene rings is 1. The van der Waals surface area contributed by atoms with Crippen molar-refractivity contribution >= 4 is 5.78 Å². The quantitative estimate of drug-likeness (QED) is 0.787. The molecule has 3 nitrogen and oxygen atoms in total. The first-order chi connectivity index (χ1) is 8.31. The number of hydrogen-bond acceptors (Lipinski definition) is 3. The maximum absolute atomic E-state index is 11.9. The Balaban J connectivity index is 1.91. The lowest BCUT2D eigenvalue weighted by Gasteiger charge is -2.25. The minimum Gasteiger partial charge on any atom is -0.374 e. The number of Topliss-reactive ketones (excluding diaryl/α,β-unsaturated/α-hetero) is 1. The van der Waals surface area contributed by atoms with Gasteiger partial charge in [-0.15, -0.1) is 0 Å². The van der Waals surface area contributed by atoms with Crippen molar-refractivity contribution in [2.45, 2.75) is 32.4 Å². The highest BCUT2D eigenvalue weighted by molar-refractivity contribution is 5.85. The molecule has 1 N–H and O–H groups in total. The molecule has 2 rings (SSSR count).